The largest absolute Gasteiger partial charge is 0.478 e. The Morgan fingerprint density at radius 1 is 1.00 bits per heavy atom. The van der Waals surface area contributed by atoms with Gasteiger partial charge in [0.15, 0.2) is 0 Å². The molecular weight excluding hydrogens is 240 g/mol. The highest BCUT2D eigenvalue weighted by Gasteiger charge is 1.88. The summed E-state index contributed by atoms with van der Waals surface area (Å²) in [4.78, 5) is 19.1. The van der Waals surface area contributed by atoms with Gasteiger partial charge in [-0.2, -0.15) is 0 Å². The molecule has 0 fully saturated rings. The molecule has 0 amide bonds. The predicted molar refractivity (Wildman–Crippen MR) is 66.5 cm³/mol. The van der Waals surface area contributed by atoms with Gasteiger partial charge in [0.25, 0.3) is 0 Å². The molecule has 0 aliphatic rings. The predicted octanol–water partition coefficient (Wildman–Crippen LogP) is 1.29. The molecule has 0 aromatic heterocycles. The van der Waals surface area contributed by atoms with Crippen molar-refractivity contribution in [1.29, 1.82) is 0 Å². The molecule has 0 aliphatic carbocycles. The Morgan fingerprint density at radius 2 is 1.56 bits per heavy atom. The van der Waals surface area contributed by atoms with E-state index in [1.807, 2.05) is 0 Å². The first-order chi connectivity index (χ1) is 8.54. The third-order valence-corrected chi connectivity index (χ3v) is 1.75. The van der Waals surface area contributed by atoms with Crippen LogP contribution in [0.1, 0.15) is 32.6 Å². The summed E-state index contributed by atoms with van der Waals surface area (Å²) < 4.78 is 5.08. The van der Waals surface area contributed by atoms with E-state index in [1.165, 1.54) is 19.3 Å². The first-order valence-corrected chi connectivity index (χ1v) is 5.87. The van der Waals surface area contributed by atoms with Gasteiger partial charge < -0.3 is 20.1 Å². The van der Waals surface area contributed by atoms with Crippen LogP contribution in [-0.4, -0.2) is 47.1 Å². The number of carbonyl (C=O) groups is 2. The molecular formula is C12H22O6. The highest BCUT2D eigenvalue weighted by Crippen LogP contribution is 1.98. The van der Waals surface area contributed by atoms with Gasteiger partial charge in [-0.25, -0.2) is 9.59 Å². The maximum Gasteiger partial charge on any atom is 0.328 e. The number of rotatable bonds is 9. The van der Waals surface area contributed by atoms with E-state index in [0.29, 0.717) is 18.8 Å². The number of aliphatic hydroxyl groups is 1. The van der Waals surface area contributed by atoms with Crippen LogP contribution in [0.2, 0.25) is 0 Å². The molecule has 18 heavy (non-hydrogen) atoms. The van der Waals surface area contributed by atoms with Crippen molar-refractivity contribution >= 4 is 11.9 Å². The fourth-order valence-corrected chi connectivity index (χ4v) is 0.940. The van der Waals surface area contributed by atoms with Crippen LogP contribution in [0.4, 0.5) is 0 Å². The van der Waals surface area contributed by atoms with Gasteiger partial charge in [0.1, 0.15) is 0 Å². The molecule has 0 atom stereocenters. The molecule has 0 spiro atoms. The Balaban J connectivity index is 0. The van der Waals surface area contributed by atoms with Crippen molar-refractivity contribution < 1.29 is 29.6 Å². The molecule has 106 valence electrons. The molecule has 6 heteroatoms. The summed E-state index contributed by atoms with van der Waals surface area (Å²) in [6.07, 6.45) is 6.06. The fraction of sp³-hybridized carbons (Fsp3) is 0.667. The Kier molecular flexibility index (Phi) is 16.4. The number of ether oxygens (including phenoxy) is 1. The lowest BCUT2D eigenvalue weighted by Crippen LogP contribution is -2.00. The third kappa shape index (κ3) is 24.0. The van der Waals surface area contributed by atoms with Crippen LogP contribution in [0.25, 0.3) is 0 Å². The van der Waals surface area contributed by atoms with Gasteiger partial charge in [-0.1, -0.05) is 26.2 Å². The molecule has 0 aliphatic heterocycles. The van der Waals surface area contributed by atoms with Gasteiger partial charge in [0.2, 0.25) is 0 Å². The summed E-state index contributed by atoms with van der Waals surface area (Å²) in [7, 11) is 0. The zero-order valence-electron chi connectivity index (χ0n) is 10.7. The lowest BCUT2D eigenvalue weighted by Gasteiger charge is -2.00. The highest BCUT2D eigenvalue weighted by atomic mass is 16.5. The van der Waals surface area contributed by atoms with Crippen molar-refractivity contribution in [2.45, 2.75) is 32.6 Å². The van der Waals surface area contributed by atoms with E-state index in [-0.39, 0.29) is 6.61 Å². The van der Waals surface area contributed by atoms with Gasteiger partial charge >= 0.3 is 11.9 Å². The highest BCUT2D eigenvalue weighted by molar-refractivity contribution is 5.89. The Labute approximate surface area is 107 Å². The second kappa shape index (κ2) is 15.6. The molecule has 0 aromatic carbocycles. The average Bonchev–Trinajstić information content (AvgIpc) is 2.32. The van der Waals surface area contributed by atoms with E-state index in [4.69, 9.17) is 20.1 Å². The van der Waals surface area contributed by atoms with Gasteiger partial charge in [-0.15, -0.1) is 0 Å². The molecule has 0 heterocycles. The number of hydrogen-bond donors (Lipinski definition) is 3. The molecule has 3 N–H and O–H groups in total. The van der Waals surface area contributed by atoms with Crippen molar-refractivity contribution in [3.63, 3.8) is 0 Å². The minimum atomic E-state index is -1.26. The monoisotopic (exact) mass is 262 g/mol. The fourth-order valence-electron chi connectivity index (χ4n) is 0.940. The maximum absolute atomic E-state index is 9.55. The van der Waals surface area contributed by atoms with Crippen LogP contribution < -0.4 is 0 Å². The quantitative estimate of drug-likeness (QED) is 0.427. The first kappa shape index (κ1) is 19.0. The number of carboxylic acid groups (broad SMARTS) is 2. The second-order valence-corrected chi connectivity index (χ2v) is 3.41. The van der Waals surface area contributed by atoms with E-state index in [0.717, 1.165) is 13.0 Å². The minimum absolute atomic E-state index is 0.147. The van der Waals surface area contributed by atoms with Crippen LogP contribution in [0.3, 0.4) is 0 Å². The van der Waals surface area contributed by atoms with Crippen LogP contribution in [0, 0.1) is 0 Å². The molecule has 0 saturated heterocycles. The lowest BCUT2D eigenvalue weighted by atomic mass is 10.2. The summed E-state index contributed by atoms with van der Waals surface area (Å²) in [5, 5.41) is 24.0. The molecule has 0 rings (SSSR count). The molecule has 0 aromatic rings. The zero-order valence-corrected chi connectivity index (χ0v) is 10.7. The summed E-state index contributed by atoms with van der Waals surface area (Å²) in [5.41, 5.74) is 0. The normalized spacial score (nSPS) is 9.89. The van der Waals surface area contributed by atoms with Crippen molar-refractivity contribution in [3.8, 4) is 0 Å². The van der Waals surface area contributed by atoms with E-state index < -0.39 is 11.9 Å². The SMILES string of the molecule is CCCCCCOCCO.O=C(O)C=CC(=O)O. The Morgan fingerprint density at radius 3 is 1.94 bits per heavy atom. The summed E-state index contributed by atoms with van der Waals surface area (Å²) in [5.74, 6) is -2.51. The van der Waals surface area contributed by atoms with Crippen molar-refractivity contribution in [2.75, 3.05) is 19.8 Å². The third-order valence-electron chi connectivity index (χ3n) is 1.75. The van der Waals surface area contributed by atoms with E-state index in [1.54, 1.807) is 0 Å². The average molecular weight is 262 g/mol. The first-order valence-electron chi connectivity index (χ1n) is 5.87. The number of unbranched alkanes of at least 4 members (excludes halogenated alkanes) is 3. The number of carboxylic acids is 2. The van der Waals surface area contributed by atoms with Gasteiger partial charge in [-0.05, 0) is 6.42 Å². The molecule has 6 nitrogen and oxygen atoms in total. The summed E-state index contributed by atoms with van der Waals surface area (Å²) in [6, 6.07) is 0. The van der Waals surface area contributed by atoms with Gasteiger partial charge in [-0.3, -0.25) is 0 Å². The van der Waals surface area contributed by atoms with Gasteiger partial charge in [0, 0.05) is 18.8 Å². The molecule has 0 unspecified atom stereocenters. The van der Waals surface area contributed by atoms with Crippen molar-refractivity contribution in [1.82, 2.24) is 0 Å². The Bertz CT molecular complexity index is 213. The van der Waals surface area contributed by atoms with Crippen LogP contribution in [0.15, 0.2) is 12.2 Å². The number of aliphatic hydroxyl groups excluding tert-OH is 1. The maximum atomic E-state index is 9.55. The van der Waals surface area contributed by atoms with E-state index >= 15 is 0 Å². The second-order valence-electron chi connectivity index (χ2n) is 3.41. The molecule has 0 saturated carbocycles. The van der Waals surface area contributed by atoms with Crippen molar-refractivity contribution in [3.05, 3.63) is 12.2 Å². The lowest BCUT2D eigenvalue weighted by molar-refractivity contribution is -0.134. The number of hydrogen-bond acceptors (Lipinski definition) is 4. The minimum Gasteiger partial charge on any atom is -0.478 e. The zero-order chi connectivity index (χ0) is 14.2. The van der Waals surface area contributed by atoms with Crippen molar-refractivity contribution in [2.24, 2.45) is 0 Å². The van der Waals surface area contributed by atoms with E-state index in [9.17, 15) is 9.59 Å². The van der Waals surface area contributed by atoms with Crippen LogP contribution in [-0.2, 0) is 14.3 Å². The summed E-state index contributed by atoms with van der Waals surface area (Å²) >= 11 is 0. The van der Waals surface area contributed by atoms with Crippen LogP contribution >= 0.6 is 0 Å². The van der Waals surface area contributed by atoms with Gasteiger partial charge in [0.05, 0.1) is 13.2 Å². The molecule has 0 bridgehead atoms. The van der Waals surface area contributed by atoms with E-state index in [2.05, 4.69) is 6.92 Å². The standard InChI is InChI=1S/C8H18O2.C4H4O4/c1-2-3-4-5-7-10-8-6-9;5-3(6)1-2-4(7)8/h9H,2-8H2,1H3;1-2H,(H,5,6)(H,7,8). The van der Waals surface area contributed by atoms with Crippen LogP contribution in [0.5, 0.6) is 0 Å². The Hall–Kier alpha value is -1.40. The number of aliphatic carboxylic acids is 2. The topological polar surface area (TPSA) is 104 Å². The molecule has 0 radical (unpaired) electrons. The summed E-state index contributed by atoms with van der Waals surface area (Å²) in [6.45, 7) is 3.63. The smallest absolute Gasteiger partial charge is 0.328 e.